The number of nitriles is 1. The van der Waals surface area contributed by atoms with E-state index in [0.717, 1.165) is 94.0 Å². The fourth-order valence-corrected chi connectivity index (χ4v) is 9.56. The van der Waals surface area contributed by atoms with Crippen LogP contribution >= 0.6 is 0 Å². The molecule has 1 aliphatic heterocycles. The summed E-state index contributed by atoms with van der Waals surface area (Å²) < 4.78 is 2.07. The smallest absolute Gasteiger partial charge is 0.215 e. The van der Waals surface area contributed by atoms with Gasteiger partial charge in [-0.1, -0.05) is 191 Å². The molecule has 0 spiro atoms. The molecule has 4 heteroatoms. The summed E-state index contributed by atoms with van der Waals surface area (Å²) in [4.78, 5) is 29.6. The van der Waals surface area contributed by atoms with Gasteiger partial charge in [-0.2, -0.15) is 5.26 Å². The number of rotatable bonds is 9. The third kappa shape index (κ3) is 7.00. The highest BCUT2D eigenvalue weighted by atomic mass is 16.1. The fraction of sp³-hybridized carbons (Fsp3) is 0.0678. The number of carbonyl (C=O) groups excluding carboxylic acids is 2. The van der Waals surface area contributed by atoms with Crippen LogP contribution in [0.3, 0.4) is 0 Å². The van der Waals surface area contributed by atoms with Crippen molar-refractivity contribution in [2.45, 2.75) is 20.3 Å². The normalized spacial score (nSPS) is 12.8. The third-order valence-electron chi connectivity index (χ3n) is 12.4. The Hall–Kier alpha value is -8.13. The zero-order valence-electron chi connectivity index (χ0n) is 35.1. The average molecular weight is 811 g/mol. The quantitative estimate of drug-likeness (QED) is 0.0829. The maximum atomic E-state index is 14.9. The number of nitrogens with zero attached hydrogens (tertiary/aromatic N) is 2. The van der Waals surface area contributed by atoms with Gasteiger partial charge in [0.25, 0.3) is 0 Å². The lowest BCUT2D eigenvalue weighted by molar-refractivity contribution is -0.470. The zero-order chi connectivity index (χ0) is 43.0. The van der Waals surface area contributed by atoms with Gasteiger partial charge in [0.2, 0.25) is 11.4 Å². The molecule has 0 atom stereocenters. The number of Topliss-reactive ketones (excluding diaryl/α,β-unsaturated/α-hetero) is 2. The second-order valence-corrected chi connectivity index (χ2v) is 16.2. The number of carbonyl (C=O) groups is 2. The predicted octanol–water partition coefficient (Wildman–Crippen LogP) is 13.2. The van der Waals surface area contributed by atoms with E-state index in [2.05, 4.69) is 144 Å². The SMILES string of the molecule is CC(=O)/C(=C(/C(C)=O)[N+]1=C(c2ccc(C#N)cc2)c2ccccc2CC1)[c-]1c2cc(-c3ccccc3)c(-c3ccccc3)cc2c2cc(-c3ccccc3)c(-c3ccccc3)cc21. The standard InChI is InChI=1S/C59H42N2O2/c1-38(62)56(58(39(2)63)61-32-31-45-25-15-16-26-47(45)59(61)46-29-27-40(37-60)28-30-46)57-54-35-50(43-21-11-5-12-22-43)48(41-17-7-3-8-18-41)33-52(54)53-34-49(42-19-9-4-10-20-42)51(36-55(53)57)44-23-13-6-14-24-44/h3-30,33-36H,31-32H2,1-2H3/b58-56+. The molecule has 0 radical (unpaired) electrons. The number of hydrogen-bond donors (Lipinski definition) is 0. The van der Waals surface area contributed by atoms with E-state index in [1.807, 2.05) is 60.7 Å². The summed E-state index contributed by atoms with van der Waals surface area (Å²) in [5.41, 5.74) is 14.3. The third-order valence-corrected chi connectivity index (χ3v) is 12.4. The van der Waals surface area contributed by atoms with Crippen LogP contribution in [-0.4, -0.2) is 28.4 Å². The van der Waals surface area contributed by atoms with E-state index in [0.29, 0.717) is 29.8 Å². The van der Waals surface area contributed by atoms with Crippen molar-refractivity contribution < 1.29 is 14.2 Å². The number of hydrogen-bond acceptors (Lipinski definition) is 3. The Morgan fingerprint density at radius 1 is 0.492 bits per heavy atom. The summed E-state index contributed by atoms with van der Waals surface area (Å²) in [5, 5.41) is 13.5. The van der Waals surface area contributed by atoms with Crippen LogP contribution in [-0.2, 0) is 16.0 Å². The van der Waals surface area contributed by atoms with Crippen LogP contribution in [0.1, 0.15) is 41.7 Å². The van der Waals surface area contributed by atoms with Gasteiger partial charge in [0, 0.05) is 23.1 Å². The Balaban J connectivity index is 1.40. The Morgan fingerprint density at radius 2 is 0.921 bits per heavy atom. The molecule has 0 saturated heterocycles. The molecular weight excluding hydrogens is 769 g/mol. The Labute approximate surface area is 367 Å². The summed E-state index contributed by atoms with van der Waals surface area (Å²) in [7, 11) is 0. The molecule has 0 fully saturated rings. The Bertz CT molecular complexity index is 3210. The number of benzene rings is 8. The summed E-state index contributed by atoms with van der Waals surface area (Å²) in [6.45, 7) is 3.65. The van der Waals surface area contributed by atoms with Gasteiger partial charge < -0.3 is 4.79 Å². The predicted molar refractivity (Wildman–Crippen MR) is 257 cm³/mol. The van der Waals surface area contributed by atoms with Crippen LogP contribution in [0, 0.1) is 11.3 Å². The average Bonchev–Trinajstić information content (AvgIpc) is 3.64. The van der Waals surface area contributed by atoms with Gasteiger partial charge in [0.05, 0.1) is 11.6 Å². The first-order valence-electron chi connectivity index (χ1n) is 21.3. The molecule has 63 heavy (non-hydrogen) atoms. The molecule has 0 unspecified atom stereocenters. The van der Waals surface area contributed by atoms with Crippen molar-refractivity contribution in [2.75, 3.05) is 6.54 Å². The Kier molecular flexibility index (Phi) is 10.2. The van der Waals surface area contributed by atoms with E-state index < -0.39 is 0 Å². The van der Waals surface area contributed by atoms with Crippen molar-refractivity contribution >= 4 is 44.4 Å². The molecule has 9 aromatic rings. The summed E-state index contributed by atoms with van der Waals surface area (Å²) in [5.74, 6) is -0.407. The van der Waals surface area contributed by atoms with E-state index in [4.69, 9.17) is 0 Å². The first kappa shape index (κ1) is 39.0. The lowest BCUT2D eigenvalue weighted by Crippen LogP contribution is -2.33. The van der Waals surface area contributed by atoms with Gasteiger partial charge in [0.15, 0.2) is 5.78 Å². The van der Waals surface area contributed by atoms with Crippen LogP contribution in [0.5, 0.6) is 0 Å². The summed E-state index contributed by atoms with van der Waals surface area (Å²) >= 11 is 0. The molecule has 9 aromatic carbocycles. The molecule has 0 aliphatic carbocycles. The monoisotopic (exact) mass is 810 g/mol. The number of allylic oxidation sites excluding steroid dienone is 2. The van der Waals surface area contributed by atoms with Gasteiger partial charge in [-0.05, 0) is 94.3 Å². The van der Waals surface area contributed by atoms with Crippen LogP contribution in [0.25, 0.3) is 71.6 Å². The van der Waals surface area contributed by atoms with Gasteiger partial charge in [-0.15, -0.1) is 0 Å². The molecule has 0 saturated carbocycles. The summed E-state index contributed by atoms with van der Waals surface area (Å²) in [6, 6.07) is 68.8. The van der Waals surface area contributed by atoms with E-state index >= 15 is 0 Å². The summed E-state index contributed by atoms with van der Waals surface area (Å²) in [6.07, 6.45) is 0.678. The molecule has 1 heterocycles. The van der Waals surface area contributed by atoms with Crippen LogP contribution in [0.2, 0.25) is 0 Å². The number of fused-ring (bicyclic) bond motifs is 4. The van der Waals surface area contributed by atoms with Gasteiger partial charge in [-0.3, -0.25) is 4.79 Å². The van der Waals surface area contributed by atoms with Crippen molar-refractivity contribution in [2.24, 2.45) is 0 Å². The fourth-order valence-electron chi connectivity index (χ4n) is 9.56. The molecule has 0 N–H and O–H groups in total. The molecule has 1 aliphatic rings. The van der Waals surface area contributed by atoms with E-state index in [1.54, 1.807) is 13.8 Å². The molecule has 0 amide bonds. The first-order valence-corrected chi connectivity index (χ1v) is 21.3. The van der Waals surface area contributed by atoms with E-state index in [-0.39, 0.29) is 11.6 Å². The lowest BCUT2D eigenvalue weighted by Gasteiger charge is -2.23. The van der Waals surface area contributed by atoms with E-state index in [9.17, 15) is 14.9 Å². The highest BCUT2D eigenvalue weighted by molar-refractivity contribution is 6.35. The zero-order valence-corrected chi connectivity index (χ0v) is 35.1. The number of ketones is 2. The highest BCUT2D eigenvalue weighted by Gasteiger charge is 2.34. The van der Waals surface area contributed by atoms with Crippen molar-refractivity contribution in [3.05, 3.63) is 228 Å². The molecular formula is C59H42N2O2. The molecule has 0 bridgehead atoms. The molecule has 0 aromatic heterocycles. The second-order valence-electron chi connectivity index (χ2n) is 16.2. The molecule has 10 rings (SSSR count). The minimum atomic E-state index is -0.207. The van der Waals surface area contributed by atoms with Crippen LogP contribution < -0.4 is 0 Å². The molecule has 4 nitrogen and oxygen atoms in total. The van der Waals surface area contributed by atoms with Crippen molar-refractivity contribution in [1.29, 1.82) is 5.26 Å². The topological polar surface area (TPSA) is 60.9 Å². The molecule has 300 valence electrons. The second kappa shape index (κ2) is 16.4. The minimum Gasteiger partial charge on any atom is -0.327 e. The maximum Gasteiger partial charge on any atom is 0.215 e. The Morgan fingerprint density at radius 3 is 1.35 bits per heavy atom. The first-order chi connectivity index (χ1) is 30.9. The maximum absolute atomic E-state index is 14.9. The van der Waals surface area contributed by atoms with Crippen molar-refractivity contribution in [3.8, 4) is 50.6 Å². The van der Waals surface area contributed by atoms with Crippen molar-refractivity contribution in [1.82, 2.24) is 0 Å². The van der Waals surface area contributed by atoms with Gasteiger partial charge >= 0.3 is 0 Å². The van der Waals surface area contributed by atoms with Gasteiger partial charge in [0.1, 0.15) is 12.3 Å². The van der Waals surface area contributed by atoms with Crippen LogP contribution in [0.15, 0.2) is 200 Å². The highest BCUT2D eigenvalue weighted by Crippen LogP contribution is 2.48. The van der Waals surface area contributed by atoms with Gasteiger partial charge in [-0.25, -0.2) is 4.58 Å². The lowest BCUT2D eigenvalue weighted by atomic mass is 9.88. The van der Waals surface area contributed by atoms with E-state index in [1.165, 1.54) is 0 Å². The largest absolute Gasteiger partial charge is 0.327 e. The van der Waals surface area contributed by atoms with Crippen molar-refractivity contribution in [3.63, 3.8) is 0 Å². The van der Waals surface area contributed by atoms with Crippen LogP contribution in [0.4, 0.5) is 0 Å². The minimum absolute atomic E-state index is 0.200.